The Labute approximate surface area is 74.0 Å². The molecule has 2 rings (SSSR count). The molecule has 0 spiro atoms. The highest BCUT2D eigenvalue weighted by molar-refractivity contribution is 6.31. The molecule has 0 aliphatic carbocycles. The predicted molar refractivity (Wildman–Crippen MR) is 44.7 cm³/mol. The van der Waals surface area contributed by atoms with Gasteiger partial charge in [-0.2, -0.15) is 0 Å². The van der Waals surface area contributed by atoms with Crippen molar-refractivity contribution in [1.29, 1.82) is 0 Å². The van der Waals surface area contributed by atoms with Gasteiger partial charge in [-0.1, -0.05) is 11.6 Å². The van der Waals surface area contributed by atoms with Gasteiger partial charge in [0, 0.05) is 6.20 Å². The van der Waals surface area contributed by atoms with E-state index in [1.165, 1.54) is 6.26 Å². The fraction of sp³-hybridized carbons (Fsp3) is 0. The van der Waals surface area contributed by atoms with Crippen LogP contribution in [-0.2, 0) is 0 Å². The largest absolute Gasteiger partial charge is 0.444 e. The zero-order valence-electron chi connectivity index (χ0n) is 6.07. The lowest BCUT2D eigenvalue weighted by atomic mass is 10.3. The summed E-state index contributed by atoms with van der Waals surface area (Å²) in [6.07, 6.45) is 4.69. The van der Waals surface area contributed by atoms with Crippen molar-refractivity contribution in [3.63, 3.8) is 0 Å². The van der Waals surface area contributed by atoms with Gasteiger partial charge < -0.3 is 4.42 Å². The highest BCUT2D eigenvalue weighted by Crippen LogP contribution is 2.23. The predicted octanol–water partition coefficient (Wildman–Crippen LogP) is 2.39. The molecule has 4 heteroatoms. The van der Waals surface area contributed by atoms with Crippen molar-refractivity contribution in [3.8, 4) is 11.5 Å². The molecular weight excluding hydrogens is 176 g/mol. The Hall–Kier alpha value is -1.35. The first-order valence-electron chi connectivity index (χ1n) is 3.38. The third-order valence-corrected chi connectivity index (χ3v) is 1.72. The number of halogens is 1. The van der Waals surface area contributed by atoms with Crippen molar-refractivity contribution >= 4 is 11.6 Å². The lowest BCUT2D eigenvalue weighted by molar-refractivity contribution is 0.574. The number of hydrogen-bond donors (Lipinski definition) is 0. The summed E-state index contributed by atoms with van der Waals surface area (Å²) >= 11 is 5.80. The van der Waals surface area contributed by atoms with E-state index in [0.717, 1.165) is 0 Å². The standard InChI is InChI=1S/C8H5ClN2O/c9-7-6(2-1-3-10-7)8-11-4-5-12-8/h1-5H. The number of aromatic nitrogens is 2. The van der Waals surface area contributed by atoms with Gasteiger partial charge in [0.2, 0.25) is 5.89 Å². The monoisotopic (exact) mass is 180 g/mol. The van der Waals surface area contributed by atoms with E-state index in [4.69, 9.17) is 16.0 Å². The molecule has 0 aliphatic heterocycles. The SMILES string of the molecule is Clc1ncccc1-c1ncco1. The van der Waals surface area contributed by atoms with Crippen molar-refractivity contribution in [2.45, 2.75) is 0 Å². The summed E-state index contributed by atoms with van der Waals surface area (Å²) in [7, 11) is 0. The Morgan fingerprint density at radius 2 is 2.17 bits per heavy atom. The third kappa shape index (κ3) is 1.19. The summed E-state index contributed by atoms with van der Waals surface area (Å²) in [6, 6.07) is 3.59. The summed E-state index contributed by atoms with van der Waals surface area (Å²) in [4.78, 5) is 7.86. The van der Waals surface area contributed by atoms with Gasteiger partial charge in [0.15, 0.2) is 0 Å². The van der Waals surface area contributed by atoms with Gasteiger partial charge in [-0.25, -0.2) is 9.97 Å². The molecule has 0 aromatic carbocycles. The number of rotatable bonds is 1. The van der Waals surface area contributed by atoms with E-state index >= 15 is 0 Å². The molecule has 2 aromatic rings. The van der Waals surface area contributed by atoms with Crippen LogP contribution in [0.1, 0.15) is 0 Å². The van der Waals surface area contributed by atoms with Crippen LogP contribution in [-0.4, -0.2) is 9.97 Å². The van der Waals surface area contributed by atoms with Crippen LogP contribution >= 0.6 is 11.6 Å². The molecule has 2 aromatic heterocycles. The van der Waals surface area contributed by atoms with E-state index in [-0.39, 0.29) is 0 Å². The highest BCUT2D eigenvalue weighted by atomic mass is 35.5. The molecule has 0 amide bonds. The summed E-state index contributed by atoms with van der Waals surface area (Å²) in [5, 5.41) is 0.403. The number of oxazole rings is 1. The van der Waals surface area contributed by atoms with Crippen LogP contribution in [0, 0.1) is 0 Å². The van der Waals surface area contributed by atoms with E-state index in [2.05, 4.69) is 9.97 Å². The van der Waals surface area contributed by atoms with Crippen LogP contribution in [0.25, 0.3) is 11.5 Å². The maximum absolute atomic E-state index is 5.80. The number of nitrogens with zero attached hydrogens (tertiary/aromatic N) is 2. The molecule has 0 fully saturated rings. The topological polar surface area (TPSA) is 38.9 Å². The molecule has 0 saturated heterocycles. The highest BCUT2D eigenvalue weighted by Gasteiger charge is 2.06. The first kappa shape index (κ1) is 7.31. The zero-order chi connectivity index (χ0) is 8.39. The average Bonchev–Trinajstić information content (AvgIpc) is 2.57. The molecule has 12 heavy (non-hydrogen) atoms. The lowest BCUT2D eigenvalue weighted by Gasteiger charge is -1.95. The molecule has 0 bridgehead atoms. The van der Waals surface area contributed by atoms with Gasteiger partial charge in [0.1, 0.15) is 11.4 Å². The Morgan fingerprint density at radius 1 is 1.25 bits per heavy atom. The van der Waals surface area contributed by atoms with Gasteiger partial charge in [-0.3, -0.25) is 0 Å². The molecule has 60 valence electrons. The molecule has 0 aliphatic rings. The molecule has 2 heterocycles. The third-order valence-electron chi connectivity index (χ3n) is 1.42. The van der Waals surface area contributed by atoms with Gasteiger partial charge in [-0.15, -0.1) is 0 Å². The Bertz CT molecular complexity index is 372. The minimum Gasteiger partial charge on any atom is -0.444 e. The Kier molecular flexibility index (Phi) is 1.80. The van der Waals surface area contributed by atoms with E-state index < -0.39 is 0 Å². The summed E-state index contributed by atoms with van der Waals surface area (Å²) < 4.78 is 5.06. The molecule has 0 unspecified atom stereocenters. The molecule has 0 atom stereocenters. The maximum Gasteiger partial charge on any atom is 0.228 e. The Balaban J connectivity index is 2.55. The maximum atomic E-state index is 5.80. The fourth-order valence-corrected chi connectivity index (χ4v) is 1.10. The van der Waals surface area contributed by atoms with Gasteiger partial charge in [-0.05, 0) is 12.1 Å². The first-order valence-corrected chi connectivity index (χ1v) is 3.76. The van der Waals surface area contributed by atoms with Gasteiger partial charge in [0.25, 0.3) is 0 Å². The van der Waals surface area contributed by atoms with E-state index in [9.17, 15) is 0 Å². The van der Waals surface area contributed by atoms with E-state index in [1.807, 2.05) is 0 Å². The van der Waals surface area contributed by atoms with E-state index in [1.54, 1.807) is 24.5 Å². The molecular formula is C8H5ClN2O. The average molecular weight is 181 g/mol. The summed E-state index contributed by atoms with van der Waals surface area (Å²) in [5.41, 5.74) is 0.712. The zero-order valence-corrected chi connectivity index (χ0v) is 6.82. The molecule has 0 N–H and O–H groups in total. The lowest BCUT2D eigenvalue weighted by Crippen LogP contribution is -1.81. The van der Waals surface area contributed by atoms with Gasteiger partial charge >= 0.3 is 0 Å². The molecule has 3 nitrogen and oxygen atoms in total. The van der Waals surface area contributed by atoms with Crippen molar-refractivity contribution in [2.24, 2.45) is 0 Å². The Morgan fingerprint density at radius 3 is 2.83 bits per heavy atom. The van der Waals surface area contributed by atoms with Crippen LogP contribution in [0.2, 0.25) is 5.15 Å². The smallest absolute Gasteiger partial charge is 0.228 e. The minimum absolute atomic E-state index is 0.403. The van der Waals surface area contributed by atoms with Crippen LogP contribution < -0.4 is 0 Å². The van der Waals surface area contributed by atoms with Crippen molar-refractivity contribution in [2.75, 3.05) is 0 Å². The number of pyridine rings is 1. The van der Waals surface area contributed by atoms with Crippen molar-refractivity contribution in [1.82, 2.24) is 9.97 Å². The van der Waals surface area contributed by atoms with Gasteiger partial charge in [0.05, 0.1) is 11.8 Å². The minimum atomic E-state index is 0.403. The normalized spacial score (nSPS) is 10.1. The van der Waals surface area contributed by atoms with Crippen LogP contribution in [0.5, 0.6) is 0 Å². The molecule has 0 saturated carbocycles. The second-order valence-electron chi connectivity index (χ2n) is 2.18. The summed E-state index contributed by atoms with van der Waals surface area (Å²) in [6.45, 7) is 0. The van der Waals surface area contributed by atoms with Crippen LogP contribution in [0.4, 0.5) is 0 Å². The van der Waals surface area contributed by atoms with Crippen LogP contribution in [0.15, 0.2) is 35.2 Å². The van der Waals surface area contributed by atoms with Crippen molar-refractivity contribution < 1.29 is 4.42 Å². The van der Waals surface area contributed by atoms with Crippen molar-refractivity contribution in [3.05, 3.63) is 35.9 Å². The molecule has 0 radical (unpaired) electrons. The quantitative estimate of drug-likeness (QED) is 0.633. The first-order chi connectivity index (χ1) is 5.88. The summed E-state index contributed by atoms with van der Waals surface area (Å²) in [5.74, 6) is 0.494. The fourth-order valence-electron chi connectivity index (χ4n) is 0.902. The second kappa shape index (κ2) is 2.95. The number of hydrogen-bond acceptors (Lipinski definition) is 3. The van der Waals surface area contributed by atoms with E-state index in [0.29, 0.717) is 16.6 Å². The second-order valence-corrected chi connectivity index (χ2v) is 2.54. The van der Waals surface area contributed by atoms with Crippen LogP contribution in [0.3, 0.4) is 0 Å².